The van der Waals surface area contributed by atoms with E-state index in [0.717, 1.165) is 5.56 Å². The summed E-state index contributed by atoms with van der Waals surface area (Å²) in [5.74, 6) is 0. The number of hydrogen-bond donors (Lipinski definition) is 1. The fraction of sp³-hybridized carbons (Fsp3) is 0.333. The largest absolute Gasteiger partial charge is 0.395 e. The highest BCUT2D eigenvalue weighted by molar-refractivity contribution is 9.10. The number of aliphatic hydroxyl groups is 1. The molecule has 0 aromatic heterocycles. The molecule has 0 atom stereocenters. The molecule has 0 saturated heterocycles. The number of nitro benzene ring substituents is 1. The molecule has 1 N–H and O–H groups in total. The van der Waals surface area contributed by atoms with Gasteiger partial charge in [0.05, 0.1) is 11.5 Å². The SMILES string of the molecule is C=CCN(CCO)Cc1ccc([N+](=O)[O-])cc1Br. The van der Waals surface area contributed by atoms with E-state index in [9.17, 15) is 10.1 Å². The second kappa shape index (κ2) is 7.25. The van der Waals surface area contributed by atoms with E-state index in [2.05, 4.69) is 22.5 Å². The molecule has 0 amide bonds. The predicted molar refractivity (Wildman–Crippen MR) is 73.4 cm³/mol. The second-order valence-electron chi connectivity index (χ2n) is 3.78. The van der Waals surface area contributed by atoms with Crippen molar-refractivity contribution in [2.45, 2.75) is 6.54 Å². The molecule has 0 unspecified atom stereocenters. The van der Waals surface area contributed by atoms with E-state index in [1.165, 1.54) is 12.1 Å². The summed E-state index contributed by atoms with van der Waals surface area (Å²) in [4.78, 5) is 12.2. The molecule has 1 rings (SSSR count). The number of non-ortho nitro benzene ring substituents is 1. The Hall–Kier alpha value is -1.24. The first-order valence-corrected chi connectivity index (χ1v) is 6.24. The summed E-state index contributed by atoms with van der Waals surface area (Å²) < 4.78 is 0.698. The molecule has 0 fully saturated rings. The highest BCUT2D eigenvalue weighted by Gasteiger charge is 2.11. The van der Waals surface area contributed by atoms with Gasteiger partial charge in [0.2, 0.25) is 0 Å². The van der Waals surface area contributed by atoms with Gasteiger partial charge in [-0.15, -0.1) is 6.58 Å². The molecular formula is C12H15BrN2O3. The van der Waals surface area contributed by atoms with Crippen LogP contribution in [0.2, 0.25) is 0 Å². The molecule has 0 aliphatic heterocycles. The Kier molecular flexibility index (Phi) is 5.97. The van der Waals surface area contributed by atoms with Crippen molar-refractivity contribution in [2.75, 3.05) is 19.7 Å². The van der Waals surface area contributed by atoms with Crippen LogP contribution in [-0.2, 0) is 6.54 Å². The van der Waals surface area contributed by atoms with Crippen molar-refractivity contribution in [1.82, 2.24) is 4.90 Å². The van der Waals surface area contributed by atoms with Crippen LogP contribution in [0.1, 0.15) is 5.56 Å². The molecule has 0 bridgehead atoms. The van der Waals surface area contributed by atoms with Gasteiger partial charge in [-0.05, 0) is 11.6 Å². The lowest BCUT2D eigenvalue weighted by Gasteiger charge is -2.20. The Morgan fingerprint density at radius 2 is 2.28 bits per heavy atom. The Bertz CT molecular complexity index is 437. The highest BCUT2D eigenvalue weighted by Crippen LogP contribution is 2.24. The van der Waals surface area contributed by atoms with Gasteiger partial charge in [0, 0.05) is 36.2 Å². The van der Waals surface area contributed by atoms with Crippen molar-refractivity contribution < 1.29 is 10.0 Å². The van der Waals surface area contributed by atoms with Gasteiger partial charge in [-0.2, -0.15) is 0 Å². The van der Waals surface area contributed by atoms with Crippen LogP contribution in [0.5, 0.6) is 0 Å². The van der Waals surface area contributed by atoms with Crippen LogP contribution < -0.4 is 0 Å². The Labute approximate surface area is 114 Å². The molecule has 0 spiro atoms. The number of rotatable bonds is 7. The minimum atomic E-state index is -0.427. The minimum Gasteiger partial charge on any atom is -0.395 e. The van der Waals surface area contributed by atoms with Crippen LogP contribution in [0.4, 0.5) is 5.69 Å². The van der Waals surface area contributed by atoms with Gasteiger partial charge in [0.15, 0.2) is 0 Å². The Morgan fingerprint density at radius 3 is 2.78 bits per heavy atom. The van der Waals surface area contributed by atoms with Crippen molar-refractivity contribution in [3.8, 4) is 0 Å². The van der Waals surface area contributed by atoms with Gasteiger partial charge in [-0.1, -0.05) is 22.0 Å². The molecule has 0 heterocycles. The quantitative estimate of drug-likeness (QED) is 0.476. The molecular weight excluding hydrogens is 300 g/mol. The summed E-state index contributed by atoms with van der Waals surface area (Å²) in [5, 5.41) is 19.6. The molecule has 18 heavy (non-hydrogen) atoms. The normalized spacial score (nSPS) is 10.6. The van der Waals surface area contributed by atoms with Crippen LogP contribution in [0, 0.1) is 10.1 Å². The maximum absolute atomic E-state index is 10.6. The van der Waals surface area contributed by atoms with Crippen LogP contribution >= 0.6 is 15.9 Å². The molecule has 6 heteroatoms. The Morgan fingerprint density at radius 1 is 1.56 bits per heavy atom. The van der Waals surface area contributed by atoms with Crippen molar-refractivity contribution in [1.29, 1.82) is 0 Å². The number of hydrogen-bond acceptors (Lipinski definition) is 4. The van der Waals surface area contributed by atoms with Crippen LogP contribution in [0.15, 0.2) is 35.3 Å². The molecule has 5 nitrogen and oxygen atoms in total. The molecule has 98 valence electrons. The van der Waals surface area contributed by atoms with E-state index in [-0.39, 0.29) is 12.3 Å². The van der Waals surface area contributed by atoms with Crippen molar-refractivity contribution in [2.24, 2.45) is 0 Å². The van der Waals surface area contributed by atoms with E-state index in [0.29, 0.717) is 24.1 Å². The highest BCUT2D eigenvalue weighted by atomic mass is 79.9. The predicted octanol–water partition coefficient (Wildman–Crippen LogP) is 2.34. The van der Waals surface area contributed by atoms with Gasteiger partial charge < -0.3 is 5.11 Å². The fourth-order valence-corrected chi connectivity index (χ4v) is 2.07. The standard InChI is InChI=1S/C12H15BrN2O3/c1-2-5-14(6-7-16)9-10-3-4-11(15(17)18)8-12(10)13/h2-4,8,16H,1,5-7,9H2. The summed E-state index contributed by atoms with van der Waals surface area (Å²) in [6.07, 6.45) is 1.76. The smallest absolute Gasteiger partial charge is 0.270 e. The topological polar surface area (TPSA) is 66.6 Å². The van der Waals surface area contributed by atoms with Gasteiger partial charge >= 0.3 is 0 Å². The van der Waals surface area contributed by atoms with E-state index in [1.807, 2.05) is 4.90 Å². The first-order chi connectivity index (χ1) is 8.58. The lowest BCUT2D eigenvalue weighted by molar-refractivity contribution is -0.384. The average molecular weight is 315 g/mol. The van der Waals surface area contributed by atoms with Crippen molar-refractivity contribution in [3.05, 3.63) is 51.0 Å². The monoisotopic (exact) mass is 314 g/mol. The maximum atomic E-state index is 10.6. The summed E-state index contributed by atoms with van der Waals surface area (Å²) >= 11 is 3.33. The van der Waals surface area contributed by atoms with Crippen LogP contribution in [-0.4, -0.2) is 34.6 Å². The van der Waals surface area contributed by atoms with Crippen molar-refractivity contribution >= 4 is 21.6 Å². The molecule has 0 saturated carbocycles. The van der Waals surface area contributed by atoms with E-state index in [1.54, 1.807) is 12.1 Å². The average Bonchev–Trinajstić information content (AvgIpc) is 2.32. The second-order valence-corrected chi connectivity index (χ2v) is 4.63. The lowest BCUT2D eigenvalue weighted by Crippen LogP contribution is -2.26. The third-order valence-corrected chi connectivity index (χ3v) is 3.18. The van der Waals surface area contributed by atoms with E-state index >= 15 is 0 Å². The lowest BCUT2D eigenvalue weighted by atomic mass is 10.2. The van der Waals surface area contributed by atoms with Crippen molar-refractivity contribution in [3.63, 3.8) is 0 Å². The zero-order valence-electron chi connectivity index (χ0n) is 9.88. The Balaban J connectivity index is 2.82. The summed E-state index contributed by atoms with van der Waals surface area (Å²) in [5.41, 5.74) is 0.999. The van der Waals surface area contributed by atoms with Gasteiger partial charge in [0.1, 0.15) is 0 Å². The van der Waals surface area contributed by atoms with Gasteiger partial charge in [0.25, 0.3) is 5.69 Å². The number of aliphatic hydroxyl groups excluding tert-OH is 1. The minimum absolute atomic E-state index is 0.0584. The van der Waals surface area contributed by atoms with Gasteiger partial charge in [-0.3, -0.25) is 15.0 Å². The molecule has 0 radical (unpaired) electrons. The fourth-order valence-electron chi connectivity index (χ4n) is 1.58. The first-order valence-electron chi connectivity index (χ1n) is 5.45. The number of benzene rings is 1. The van der Waals surface area contributed by atoms with Gasteiger partial charge in [-0.25, -0.2) is 0 Å². The third-order valence-electron chi connectivity index (χ3n) is 2.44. The number of nitrogens with zero attached hydrogens (tertiary/aromatic N) is 2. The number of halogens is 1. The summed E-state index contributed by atoms with van der Waals surface area (Å²) in [6, 6.07) is 4.68. The van der Waals surface area contributed by atoms with E-state index < -0.39 is 4.92 Å². The van der Waals surface area contributed by atoms with E-state index in [4.69, 9.17) is 5.11 Å². The zero-order chi connectivity index (χ0) is 13.5. The molecule has 0 aliphatic carbocycles. The summed E-state index contributed by atoms with van der Waals surface area (Å²) in [6.45, 7) is 5.52. The zero-order valence-corrected chi connectivity index (χ0v) is 11.5. The molecule has 0 aliphatic rings. The summed E-state index contributed by atoms with van der Waals surface area (Å²) in [7, 11) is 0. The molecule has 1 aromatic rings. The van der Waals surface area contributed by atoms with Crippen LogP contribution in [0.25, 0.3) is 0 Å². The number of nitro groups is 1. The first kappa shape index (κ1) is 14.8. The molecule has 1 aromatic carbocycles. The van der Waals surface area contributed by atoms with Crippen LogP contribution in [0.3, 0.4) is 0 Å². The third kappa shape index (κ3) is 4.21. The maximum Gasteiger partial charge on any atom is 0.270 e.